The van der Waals surface area contributed by atoms with Crippen LogP contribution >= 0.6 is 15.9 Å². The predicted octanol–water partition coefficient (Wildman–Crippen LogP) is 4.74. The van der Waals surface area contributed by atoms with Crippen LogP contribution in [-0.4, -0.2) is 12.5 Å². The second-order valence-electron chi connectivity index (χ2n) is 5.19. The van der Waals surface area contributed by atoms with Crippen molar-refractivity contribution in [2.45, 2.75) is 13.8 Å². The first kappa shape index (κ1) is 15.6. The van der Waals surface area contributed by atoms with Crippen molar-refractivity contribution in [1.29, 1.82) is 0 Å². The van der Waals surface area contributed by atoms with Crippen molar-refractivity contribution >= 4 is 27.5 Å². The van der Waals surface area contributed by atoms with E-state index in [0.717, 1.165) is 15.9 Å². The standard InChI is InChI=1S/C17H18BrNO2/c1-12(2)11-21-16-8-6-13(7-9-16)17(20)19-15-5-3-4-14(18)10-15/h3-10,12H,11H2,1-2H3,(H,19,20). The van der Waals surface area contributed by atoms with Crippen LogP contribution < -0.4 is 10.1 Å². The SMILES string of the molecule is CC(C)COc1ccc(C(=O)Nc2cccc(Br)c2)cc1. The predicted molar refractivity (Wildman–Crippen MR) is 88.9 cm³/mol. The number of carbonyl (C=O) groups excluding carboxylic acids is 1. The molecule has 0 aliphatic rings. The van der Waals surface area contributed by atoms with Crippen LogP contribution in [0, 0.1) is 5.92 Å². The molecule has 3 nitrogen and oxygen atoms in total. The van der Waals surface area contributed by atoms with Gasteiger partial charge in [-0.2, -0.15) is 0 Å². The van der Waals surface area contributed by atoms with Crippen LogP contribution in [-0.2, 0) is 0 Å². The van der Waals surface area contributed by atoms with Gasteiger partial charge in [-0.15, -0.1) is 0 Å². The highest BCUT2D eigenvalue weighted by Gasteiger charge is 2.06. The monoisotopic (exact) mass is 347 g/mol. The van der Waals surface area contributed by atoms with Crippen LogP contribution in [0.5, 0.6) is 5.75 Å². The number of ether oxygens (including phenoxy) is 1. The summed E-state index contributed by atoms with van der Waals surface area (Å²) in [5, 5.41) is 2.86. The number of benzene rings is 2. The zero-order valence-electron chi connectivity index (χ0n) is 12.1. The summed E-state index contributed by atoms with van der Waals surface area (Å²) in [4.78, 5) is 12.1. The topological polar surface area (TPSA) is 38.3 Å². The van der Waals surface area contributed by atoms with E-state index in [9.17, 15) is 4.79 Å². The summed E-state index contributed by atoms with van der Waals surface area (Å²) < 4.78 is 6.53. The van der Waals surface area contributed by atoms with E-state index in [1.54, 1.807) is 12.1 Å². The molecule has 0 saturated heterocycles. The van der Waals surface area contributed by atoms with Gasteiger partial charge in [-0.05, 0) is 48.4 Å². The highest BCUT2D eigenvalue weighted by atomic mass is 79.9. The first-order valence-corrected chi connectivity index (χ1v) is 7.63. The van der Waals surface area contributed by atoms with E-state index in [2.05, 4.69) is 35.1 Å². The Balaban J connectivity index is 1.99. The number of carbonyl (C=O) groups is 1. The molecule has 0 atom stereocenters. The van der Waals surface area contributed by atoms with E-state index < -0.39 is 0 Å². The number of amides is 1. The van der Waals surface area contributed by atoms with Gasteiger partial charge >= 0.3 is 0 Å². The Bertz CT molecular complexity index is 608. The van der Waals surface area contributed by atoms with E-state index in [1.165, 1.54) is 0 Å². The lowest BCUT2D eigenvalue weighted by molar-refractivity contribution is 0.102. The summed E-state index contributed by atoms with van der Waals surface area (Å²) in [5.41, 5.74) is 1.36. The van der Waals surface area contributed by atoms with Crippen LogP contribution in [0.2, 0.25) is 0 Å². The maximum absolute atomic E-state index is 12.1. The molecule has 0 bridgehead atoms. The minimum atomic E-state index is -0.136. The number of anilines is 1. The van der Waals surface area contributed by atoms with Crippen LogP contribution in [0.3, 0.4) is 0 Å². The minimum Gasteiger partial charge on any atom is -0.493 e. The Morgan fingerprint density at radius 1 is 1.19 bits per heavy atom. The molecule has 0 fully saturated rings. The second-order valence-corrected chi connectivity index (χ2v) is 6.11. The molecular weight excluding hydrogens is 330 g/mol. The zero-order chi connectivity index (χ0) is 15.2. The van der Waals surface area contributed by atoms with Gasteiger partial charge in [0.05, 0.1) is 6.61 Å². The third-order valence-corrected chi connectivity index (χ3v) is 3.28. The van der Waals surface area contributed by atoms with Gasteiger partial charge in [-0.25, -0.2) is 0 Å². The van der Waals surface area contributed by atoms with Crippen molar-refractivity contribution < 1.29 is 9.53 Å². The molecule has 0 unspecified atom stereocenters. The van der Waals surface area contributed by atoms with Gasteiger partial charge in [0.1, 0.15) is 5.75 Å². The fourth-order valence-corrected chi connectivity index (χ4v) is 2.13. The fraction of sp³-hybridized carbons (Fsp3) is 0.235. The van der Waals surface area contributed by atoms with Crippen molar-refractivity contribution in [3.63, 3.8) is 0 Å². The molecule has 110 valence electrons. The lowest BCUT2D eigenvalue weighted by Gasteiger charge is -2.09. The molecule has 21 heavy (non-hydrogen) atoms. The van der Waals surface area contributed by atoms with Gasteiger partial charge < -0.3 is 10.1 Å². The quantitative estimate of drug-likeness (QED) is 0.848. The third kappa shape index (κ3) is 4.90. The van der Waals surface area contributed by atoms with Crippen LogP contribution in [0.25, 0.3) is 0 Å². The maximum atomic E-state index is 12.1. The number of hydrogen-bond acceptors (Lipinski definition) is 2. The Hall–Kier alpha value is -1.81. The van der Waals surface area contributed by atoms with E-state index in [0.29, 0.717) is 18.1 Å². The van der Waals surface area contributed by atoms with E-state index in [-0.39, 0.29) is 5.91 Å². The van der Waals surface area contributed by atoms with Crippen molar-refractivity contribution in [1.82, 2.24) is 0 Å². The average molecular weight is 348 g/mol. The lowest BCUT2D eigenvalue weighted by Crippen LogP contribution is -2.11. The minimum absolute atomic E-state index is 0.136. The zero-order valence-corrected chi connectivity index (χ0v) is 13.7. The van der Waals surface area contributed by atoms with E-state index >= 15 is 0 Å². The average Bonchev–Trinajstić information content (AvgIpc) is 2.45. The third-order valence-electron chi connectivity index (χ3n) is 2.78. The first-order chi connectivity index (χ1) is 10.0. The number of nitrogens with one attached hydrogen (secondary N) is 1. The van der Waals surface area contributed by atoms with Crippen LogP contribution in [0.1, 0.15) is 24.2 Å². The van der Waals surface area contributed by atoms with Gasteiger partial charge in [0, 0.05) is 15.7 Å². The van der Waals surface area contributed by atoms with Crippen LogP contribution in [0.15, 0.2) is 53.0 Å². The molecule has 2 rings (SSSR count). The maximum Gasteiger partial charge on any atom is 0.255 e. The molecule has 0 aliphatic carbocycles. The molecule has 0 aliphatic heterocycles. The molecule has 2 aromatic carbocycles. The summed E-state index contributed by atoms with van der Waals surface area (Å²) in [6.45, 7) is 4.86. The molecule has 2 aromatic rings. The molecular formula is C17H18BrNO2. The van der Waals surface area contributed by atoms with E-state index in [1.807, 2.05) is 36.4 Å². The highest BCUT2D eigenvalue weighted by Crippen LogP contribution is 2.18. The lowest BCUT2D eigenvalue weighted by atomic mass is 10.2. The molecule has 0 saturated carbocycles. The highest BCUT2D eigenvalue weighted by molar-refractivity contribution is 9.10. The first-order valence-electron chi connectivity index (χ1n) is 6.84. The van der Waals surface area contributed by atoms with Gasteiger partial charge in [-0.1, -0.05) is 35.8 Å². The molecule has 4 heteroatoms. The summed E-state index contributed by atoms with van der Waals surface area (Å²) in [5.74, 6) is 1.12. The van der Waals surface area contributed by atoms with E-state index in [4.69, 9.17) is 4.74 Å². The second kappa shape index (κ2) is 7.27. The van der Waals surface area contributed by atoms with Gasteiger partial charge in [-0.3, -0.25) is 4.79 Å². The molecule has 0 aromatic heterocycles. The molecule has 1 amide bonds. The summed E-state index contributed by atoms with van der Waals surface area (Å²) >= 11 is 3.38. The van der Waals surface area contributed by atoms with Crippen molar-refractivity contribution in [3.8, 4) is 5.75 Å². The molecule has 1 N–H and O–H groups in total. The number of halogens is 1. The number of rotatable bonds is 5. The smallest absolute Gasteiger partial charge is 0.255 e. The Morgan fingerprint density at radius 3 is 2.52 bits per heavy atom. The molecule has 0 heterocycles. The van der Waals surface area contributed by atoms with Gasteiger partial charge in [0.15, 0.2) is 0 Å². The normalized spacial score (nSPS) is 10.5. The molecule has 0 radical (unpaired) electrons. The summed E-state index contributed by atoms with van der Waals surface area (Å²) in [6.07, 6.45) is 0. The van der Waals surface area contributed by atoms with Gasteiger partial charge in [0.25, 0.3) is 5.91 Å². The Morgan fingerprint density at radius 2 is 1.90 bits per heavy atom. The fourth-order valence-electron chi connectivity index (χ4n) is 1.73. The van der Waals surface area contributed by atoms with Gasteiger partial charge in [0.2, 0.25) is 0 Å². The molecule has 0 spiro atoms. The summed E-state index contributed by atoms with van der Waals surface area (Å²) in [7, 11) is 0. The van der Waals surface area contributed by atoms with Crippen LogP contribution in [0.4, 0.5) is 5.69 Å². The van der Waals surface area contributed by atoms with Crippen molar-refractivity contribution in [3.05, 3.63) is 58.6 Å². The van der Waals surface area contributed by atoms with Crippen molar-refractivity contribution in [2.75, 3.05) is 11.9 Å². The van der Waals surface area contributed by atoms with Crippen molar-refractivity contribution in [2.24, 2.45) is 5.92 Å². The summed E-state index contributed by atoms with van der Waals surface area (Å²) in [6, 6.07) is 14.7. The Labute approximate surface area is 133 Å². The number of hydrogen-bond donors (Lipinski definition) is 1. The largest absolute Gasteiger partial charge is 0.493 e. The Kier molecular flexibility index (Phi) is 5.39.